The number of nitrogens with zero attached hydrogens (tertiary/aromatic N) is 1. The van der Waals surface area contributed by atoms with Gasteiger partial charge in [0, 0.05) is 13.6 Å². The number of hydrogen-bond donors (Lipinski definition) is 2. The van der Waals surface area contributed by atoms with Crippen LogP contribution in [0.1, 0.15) is 6.42 Å². The molecule has 0 atom stereocenters. The van der Waals surface area contributed by atoms with Crippen LogP contribution < -0.4 is 11.1 Å². The van der Waals surface area contributed by atoms with Crippen molar-refractivity contribution in [2.75, 3.05) is 26.8 Å². The summed E-state index contributed by atoms with van der Waals surface area (Å²) < 4.78 is 5.22. The van der Waals surface area contributed by atoms with Gasteiger partial charge >= 0.3 is 0 Å². The highest BCUT2D eigenvalue weighted by Crippen LogP contribution is 1.81. The second kappa shape index (κ2) is 8.07. The van der Waals surface area contributed by atoms with Crippen molar-refractivity contribution in [3.8, 4) is 0 Å². The topological polar surface area (TPSA) is 59.6 Å². The Kier molecular flexibility index (Phi) is 7.38. The largest absolute Gasteiger partial charge is 0.379 e. The van der Waals surface area contributed by atoms with Crippen molar-refractivity contribution in [3.63, 3.8) is 0 Å². The lowest BCUT2D eigenvalue weighted by atomic mass is 10.4. The number of aliphatic imine (C=N–C) groups is 1. The predicted molar refractivity (Wildman–Crippen MR) is 51.2 cm³/mol. The van der Waals surface area contributed by atoms with Crippen LogP contribution in [0, 0.1) is 0 Å². The molecule has 0 unspecified atom stereocenters. The number of guanidine groups is 1. The molecule has 0 heterocycles. The molecule has 0 saturated heterocycles. The first-order valence-electron chi connectivity index (χ1n) is 3.96. The molecule has 4 nitrogen and oxygen atoms in total. The molecule has 0 fully saturated rings. The van der Waals surface area contributed by atoms with E-state index in [0.717, 1.165) is 6.42 Å². The summed E-state index contributed by atoms with van der Waals surface area (Å²) in [5, 5.41) is 2.89. The van der Waals surface area contributed by atoms with Crippen LogP contribution in [0.5, 0.6) is 0 Å². The van der Waals surface area contributed by atoms with E-state index in [1.165, 1.54) is 0 Å². The van der Waals surface area contributed by atoms with Gasteiger partial charge in [-0.1, -0.05) is 6.08 Å². The summed E-state index contributed by atoms with van der Waals surface area (Å²) in [5.41, 5.74) is 5.38. The molecule has 4 heteroatoms. The zero-order valence-corrected chi connectivity index (χ0v) is 7.55. The fourth-order valence-corrected chi connectivity index (χ4v) is 0.599. The standard InChI is InChI=1S/C8H17N3O/c1-3-4-6-12-7-5-11-8(9)10-2/h3H,1,4-7H2,2H3,(H3,9,10,11). The van der Waals surface area contributed by atoms with Crippen molar-refractivity contribution in [3.05, 3.63) is 12.7 Å². The number of nitrogens with two attached hydrogens (primary N) is 1. The molecule has 12 heavy (non-hydrogen) atoms. The third-order valence-corrected chi connectivity index (χ3v) is 1.26. The zero-order chi connectivity index (χ0) is 9.23. The molecule has 0 aliphatic carbocycles. The lowest BCUT2D eigenvalue weighted by Crippen LogP contribution is -2.33. The zero-order valence-electron chi connectivity index (χ0n) is 7.55. The minimum absolute atomic E-state index is 0.447. The molecule has 0 aliphatic rings. The first kappa shape index (κ1) is 11.0. The van der Waals surface area contributed by atoms with E-state index in [1.54, 1.807) is 7.05 Å². The third kappa shape index (κ3) is 7.08. The molecule has 0 aliphatic heterocycles. The Hall–Kier alpha value is -1.03. The van der Waals surface area contributed by atoms with Gasteiger partial charge in [-0.2, -0.15) is 0 Å². The van der Waals surface area contributed by atoms with Crippen molar-refractivity contribution >= 4 is 5.96 Å². The quantitative estimate of drug-likeness (QED) is 0.258. The molecular formula is C8H17N3O. The van der Waals surface area contributed by atoms with Crippen LogP contribution in [0.3, 0.4) is 0 Å². The molecule has 0 amide bonds. The number of ether oxygens (including phenoxy) is 1. The molecule has 0 aromatic heterocycles. The SMILES string of the molecule is C=CCCOCCNC(N)=NC. The minimum atomic E-state index is 0.447. The van der Waals surface area contributed by atoms with E-state index >= 15 is 0 Å². The molecular weight excluding hydrogens is 154 g/mol. The fourth-order valence-electron chi connectivity index (χ4n) is 0.599. The first-order chi connectivity index (χ1) is 5.81. The Morgan fingerprint density at radius 2 is 2.42 bits per heavy atom. The second-order valence-electron chi connectivity index (χ2n) is 2.23. The highest BCUT2D eigenvalue weighted by atomic mass is 16.5. The van der Waals surface area contributed by atoms with Crippen LogP contribution >= 0.6 is 0 Å². The van der Waals surface area contributed by atoms with Gasteiger partial charge in [-0.3, -0.25) is 4.99 Å². The first-order valence-corrected chi connectivity index (χ1v) is 3.96. The summed E-state index contributed by atoms with van der Waals surface area (Å²) in [6, 6.07) is 0. The normalized spacial score (nSPS) is 11.2. The summed E-state index contributed by atoms with van der Waals surface area (Å²) in [4.78, 5) is 3.73. The molecule has 3 N–H and O–H groups in total. The van der Waals surface area contributed by atoms with Gasteiger partial charge in [0.05, 0.1) is 13.2 Å². The van der Waals surface area contributed by atoms with E-state index in [9.17, 15) is 0 Å². The van der Waals surface area contributed by atoms with Crippen molar-refractivity contribution in [1.82, 2.24) is 5.32 Å². The maximum absolute atomic E-state index is 5.38. The van der Waals surface area contributed by atoms with E-state index in [4.69, 9.17) is 10.5 Å². The molecule has 0 rings (SSSR count). The second-order valence-corrected chi connectivity index (χ2v) is 2.23. The van der Waals surface area contributed by atoms with Crippen molar-refractivity contribution in [2.24, 2.45) is 10.7 Å². The van der Waals surface area contributed by atoms with Crippen molar-refractivity contribution in [2.45, 2.75) is 6.42 Å². The molecule has 0 bridgehead atoms. The summed E-state index contributed by atoms with van der Waals surface area (Å²) in [6.45, 7) is 5.64. The van der Waals surface area contributed by atoms with Gasteiger partial charge in [0.25, 0.3) is 0 Å². The van der Waals surface area contributed by atoms with Gasteiger partial charge < -0.3 is 15.8 Å². The number of rotatable bonds is 6. The summed E-state index contributed by atoms with van der Waals surface area (Å²) in [6.07, 6.45) is 2.71. The molecule has 0 radical (unpaired) electrons. The lowest BCUT2D eigenvalue weighted by Gasteiger charge is -2.04. The van der Waals surface area contributed by atoms with Crippen LogP contribution in [0.2, 0.25) is 0 Å². The summed E-state index contributed by atoms with van der Waals surface area (Å²) in [7, 11) is 1.64. The highest BCUT2D eigenvalue weighted by molar-refractivity contribution is 5.77. The molecule has 0 aromatic rings. The van der Waals surface area contributed by atoms with Gasteiger partial charge in [-0.05, 0) is 6.42 Å². The number of hydrogen-bond acceptors (Lipinski definition) is 2. The maximum Gasteiger partial charge on any atom is 0.188 e. The van der Waals surface area contributed by atoms with Crippen molar-refractivity contribution in [1.29, 1.82) is 0 Å². The predicted octanol–water partition coefficient (Wildman–Crippen LogP) is 0.113. The summed E-state index contributed by atoms with van der Waals surface area (Å²) >= 11 is 0. The molecule has 0 spiro atoms. The van der Waals surface area contributed by atoms with Gasteiger partial charge in [-0.25, -0.2) is 0 Å². The van der Waals surface area contributed by atoms with Gasteiger partial charge in [0.1, 0.15) is 0 Å². The van der Waals surface area contributed by atoms with Crippen LogP contribution in [-0.2, 0) is 4.74 Å². The third-order valence-electron chi connectivity index (χ3n) is 1.26. The van der Waals surface area contributed by atoms with E-state index in [-0.39, 0.29) is 0 Å². The average Bonchev–Trinajstić information content (AvgIpc) is 2.10. The summed E-state index contributed by atoms with van der Waals surface area (Å²) in [5.74, 6) is 0.447. The van der Waals surface area contributed by atoms with Crippen LogP contribution in [-0.4, -0.2) is 32.8 Å². The Labute approximate surface area is 73.5 Å². The maximum atomic E-state index is 5.38. The molecule has 0 aromatic carbocycles. The highest BCUT2D eigenvalue weighted by Gasteiger charge is 1.88. The van der Waals surface area contributed by atoms with Gasteiger partial charge in [0.2, 0.25) is 0 Å². The minimum Gasteiger partial charge on any atom is -0.379 e. The Balaban J connectivity index is 3.05. The van der Waals surface area contributed by atoms with E-state index in [0.29, 0.717) is 25.7 Å². The lowest BCUT2D eigenvalue weighted by molar-refractivity contribution is 0.143. The van der Waals surface area contributed by atoms with Crippen LogP contribution in [0.25, 0.3) is 0 Å². The average molecular weight is 171 g/mol. The molecule has 0 saturated carbocycles. The van der Waals surface area contributed by atoms with E-state index < -0.39 is 0 Å². The van der Waals surface area contributed by atoms with Gasteiger partial charge in [-0.15, -0.1) is 6.58 Å². The smallest absolute Gasteiger partial charge is 0.188 e. The Morgan fingerprint density at radius 3 is 3.00 bits per heavy atom. The van der Waals surface area contributed by atoms with E-state index in [2.05, 4.69) is 16.9 Å². The fraction of sp³-hybridized carbons (Fsp3) is 0.625. The van der Waals surface area contributed by atoms with E-state index in [1.807, 2.05) is 6.08 Å². The van der Waals surface area contributed by atoms with Crippen LogP contribution in [0.4, 0.5) is 0 Å². The van der Waals surface area contributed by atoms with Crippen LogP contribution in [0.15, 0.2) is 17.6 Å². The monoisotopic (exact) mass is 171 g/mol. The Morgan fingerprint density at radius 1 is 1.67 bits per heavy atom. The molecule has 70 valence electrons. The Bertz CT molecular complexity index is 145. The van der Waals surface area contributed by atoms with Crippen molar-refractivity contribution < 1.29 is 4.74 Å². The number of nitrogens with one attached hydrogen (secondary N) is 1. The van der Waals surface area contributed by atoms with Gasteiger partial charge in [0.15, 0.2) is 5.96 Å².